The summed E-state index contributed by atoms with van der Waals surface area (Å²) in [4.78, 5) is 59.3. The van der Waals surface area contributed by atoms with E-state index in [1.54, 1.807) is 41.3 Å². The molecular formula is C38H46ClN3O7. The lowest BCUT2D eigenvalue weighted by Gasteiger charge is -2.40. The second-order valence-corrected chi connectivity index (χ2v) is 13.6. The number of allylic oxidation sites excluding steroid dienone is 1. The molecule has 1 spiro atoms. The van der Waals surface area contributed by atoms with Gasteiger partial charge >= 0.3 is 5.97 Å². The summed E-state index contributed by atoms with van der Waals surface area (Å²) < 4.78 is 12.2. The molecule has 8 atom stereocenters. The maximum Gasteiger partial charge on any atom is 0.306 e. The summed E-state index contributed by atoms with van der Waals surface area (Å²) in [5.41, 5.74) is 0.0204. The predicted molar refractivity (Wildman–Crippen MR) is 186 cm³/mol. The van der Waals surface area contributed by atoms with Gasteiger partial charge in [-0.25, -0.2) is 0 Å². The van der Waals surface area contributed by atoms with Gasteiger partial charge in [0.25, 0.3) is 5.91 Å². The number of hydrogen-bond acceptors (Lipinski definition) is 7. The van der Waals surface area contributed by atoms with Crippen molar-refractivity contribution in [1.82, 2.24) is 10.2 Å². The van der Waals surface area contributed by atoms with Gasteiger partial charge in [0.2, 0.25) is 11.8 Å². The Balaban J connectivity index is 1.51. The Labute approximate surface area is 293 Å². The average Bonchev–Trinajstić information content (AvgIpc) is 3.76. The second kappa shape index (κ2) is 15.7. The summed E-state index contributed by atoms with van der Waals surface area (Å²) >= 11 is 6.16. The Morgan fingerprint density at radius 3 is 2.51 bits per heavy atom. The van der Waals surface area contributed by atoms with E-state index in [2.05, 4.69) is 18.5 Å². The van der Waals surface area contributed by atoms with Crippen molar-refractivity contribution >= 4 is 41.0 Å². The first-order chi connectivity index (χ1) is 23.6. The summed E-state index contributed by atoms with van der Waals surface area (Å²) in [6, 6.07) is 13.6. The van der Waals surface area contributed by atoms with Crippen LogP contribution >= 0.6 is 11.6 Å². The molecule has 0 aliphatic carbocycles. The van der Waals surface area contributed by atoms with E-state index in [0.717, 1.165) is 5.56 Å². The molecular weight excluding hydrogens is 646 g/mol. The molecule has 0 radical (unpaired) electrons. The maximum atomic E-state index is 14.8. The van der Waals surface area contributed by atoms with Gasteiger partial charge in [0.15, 0.2) is 0 Å². The Morgan fingerprint density at radius 1 is 1.16 bits per heavy atom. The molecule has 0 unspecified atom stereocenters. The minimum Gasteiger partial charge on any atom is -0.463 e. The number of anilines is 1. The van der Waals surface area contributed by atoms with E-state index in [0.29, 0.717) is 36.4 Å². The van der Waals surface area contributed by atoms with Crippen molar-refractivity contribution in [3.63, 3.8) is 0 Å². The Hall–Kier alpha value is -3.99. The van der Waals surface area contributed by atoms with Crippen molar-refractivity contribution < 1.29 is 33.8 Å². The summed E-state index contributed by atoms with van der Waals surface area (Å²) in [7, 11) is 0. The fourth-order valence-electron chi connectivity index (χ4n) is 7.71. The monoisotopic (exact) mass is 691 g/mol. The third kappa shape index (κ3) is 7.04. The number of rotatable bonds is 16. The van der Waals surface area contributed by atoms with Gasteiger partial charge in [-0.05, 0) is 55.0 Å². The Kier molecular flexibility index (Phi) is 11.6. The van der Waals surface area contributed by atoms with Crippen LogP contribution in [0.1, 0.15) is 57.6 Å². The SMILES string of the molecule is C=CCCC(=O)OC[C@H](NC(=O)[C@@H]1[C@H]2C(=O)N([C@@H](CO)[C@@H](C)CC)[C@H](C(=O)N(CC=C)c3ccc(Cl)cc3)[C@]23CC[C@H]1O3)c1ccccc1. The third-order valence-electron chi connectivity index (χ3n) is 10.3. The first-order valence-corrected chi connectivity index (χ1v) is 17.4. The molecule has 0 saturated carbocycles. The number of halogens is 1. The van der Waals surface area contributed by atoms with Crippen LogP contribution < -0.4 is 10.2 Å². The number of carbonyl (C=O) groups excluding carboxylic acids is 4. The van der Waals surface area contributed by atoms with Gasteiger partial charge in [0, 0.05) is 23.7 Å². The zero-order valence-corrected chi connectivity index (χ0v) is 28.9. The van der Waals surface area contributed by atoms with Crippen LogP contribution in [0.4, 0.5) is 5.69 Å². The minimum absolute atomic E-state index is 0.0980. The van der Waals surface area contributed by atoms with E-state index in [4.69, 9.17) is 21.1 Å². The molecule has 2 bridgehead atoms. The normalized spacial score (nSPS) is 25.6. The largest absolute Gasteiger partial charge is 0.463 e. The number of ether oxygens (including phenoxy) is 2. The highest BCUT2D eigenvalue weighted by Gasteiger charge is 2.75. The van der Waals surface area contributed by atoms with E-state index in [-0.39, 0.29) is 43.9 Å². The van der Waals surface area contributed by atoms with Gasteiger partial charge in [-0.1, -0.05) is 74.4 Å². The standard InChI is InChI=1S/C38H46ClN3O7/c1-5-8-14-31(44)48-23-28(25-12-10-9-11-13-25)40-35(45)32-30-19-20-38(49-30)33(32)36(46)42(29(22-43)24(4)7-3)34(38)37(47)41(21-6-2)27-17-15-26(39)16-18-27/h5-6,9-13,15-18,24,28-30,32-34,43H,1-2,7-8,14,19-23H2,3-4H3,(H,40,45)/t24-,28-,29-,30+,32-,33-,34+,38-/m0/s1. The highest BCUT2D eigenvalue weighted by atomic mass is 35.5. The van der Waals surface area contributed by atoms with E-state index in [1.807, 2.05) is 44.2 Å². The van der Waals surface area contributed by atoms with Crippen LogP contribution in [0.3, 0.4) is 0 Å². The number of nitrogens with zero attached hydrogens (tertiary/aromatic N) is 2. The van der Waals surface area contributed by atoms with Crippen LogP contribution in [-0.4, -0.2) is 77.2 Å². The molecule has 3 heterocycles. The Morgan fingerprint density at radius 2 is 1.88 bits per heavy atom. The van der Waals surface area contributed by atoms with Gasteiger partial charge in [0.1, 0.15) is 18.2 Å². The van der Waals surface area contributed by atoms with E-state index in [9.17, 15) is 24.3 Å². The molecule has 49 heavy (non-hydrogen) atoms. The molecule has 10 nitrogen and oxygen atoms in total. The molecule has 2 aromatic carbocycles. The molecule has 2 N–H and O–H groups in total. The van der Waals surface area contributed by atoms with E-state index in [1.165, 1.54) is 4.90 Å². The van der Waals surface area contributed by atoms with Crippen LogP contribution in [0.2, 0.25) is 5.02 Å². The molecule has 262 valence electrons. The predicted octanol–water partition coefficient (Wildman–Crippen LogP) is 5.01. The topological polar surface area (TPSA) is 125 Å². The number of fused-ring (bicyclic) bond motifs is 1. The molecule has 3 saturated heterocycles. The number of likely N-dealkylation sites (tertiary alicyclic amines) is 1. The van der Waals surface area contributed by atoms with Crippen molar-refractivity contribution in [3.8, 4) is 0 Å². The highest BCUT2D eigenvalue weighted by Crippen LogP contribution is 2.59. The molecule has 3 aliphatic rings. The number of esters is 1. The molecule has 2 aromatic rings. The van der Waals surface area contributed by atoms with Gasteiger partial charge in [-0.15, -0.1) is 13.2 Å². The van der Waals surface area contributed by atoms with Gasteiger partial charge in [-0.2, -0.15) is 0 Å². The number of hydrogen-bond donors (Lipinski definition) is 2. The quantitative estimate of drug-likeness (QED) is 0.187. The molecule has 3 aliphatic heterocycles. The van der Waals surface area contributed by atoms with Crippen LogP contribution in [0.15, 0.2) is 79.9 Å². The average molecular weight is 692 g/mol. The van der Waals surface area contributed by atoms with Gasteiger partial charge in [-0.3, -0.25) is 19.2 Å². The molecule has 5 rings (SSSR count). The molecule has 0 aromatic heterocycles. The molecule has 11 heteroatoms. The van der Waals surface area contributed by atoms with Crippen LogP contribution in [0, 0.1) is 17.8 Å². The molecule has 3 amide bonds. The van der Waals surface area contributed by atoms with Crippen molar-refractivity contribution in [2.45, 2.75) is 75.8 Å². The molecule has 3 fully saturated rings. The second-order valence-electron chi connectivity index (χ2n) is 13.1. The van der Waals surface area contributed by atoms with Crippen molar-refractivity contribution in [2.24, 2.45) is 17.8 Å². The summed E-state index contributed by atoms with van der Waals surface area (Å²) in [5.74, 6) is -3.60. The van der Waals surface area contributed by atoms with Crippen LogP contribution in [-0.2, 0) is 28.7 Å². The number of nitrogens with one attached hydrogen (secondary N) is 1. The van der Waals surface area contributed by atoms with Gasteiger partial charge < -0.3 is 29.7 Å². The minimum atomic E-state index is -1.28. The lowest BCUT2D eigenvalue weighted by molar-refractivity contribution is -0.147. The fraction of sp³-hybridized carbons (Fsp3) is 0.474. The Bertz CT molecular complexity index is 1540. The summed E-state index contributed by atoms with van der Waals surface area (Å²) in [5, 5.41) is 14.3. The van der Waals surface area contributed by atoms with Crippen molar-refractivity contribution in [2.75, 3.05) is 24.7 Å². The number of aliphatic hydroxyl groups excluding tert-OH is 1. The first kappa shape index (κ1) is 36.3. The number of carbonyl (C=O) groups is 4. The summed E-state index contributed by atoms with van der Waals surface area (Å²) in [6.07, 6.45) is 4.81. The number of benzene rings is 2. The van der Waals surface area contributed by atoms with Crippen LogP contribution in [0.25, 0.3) is 0 Å². The van der Waals surface area contributed by atoms with E-state index >= 15 is 0 Å². The van der Waals surface area contributed by atoms with Crippen molar-refractivity contribution in [1.29, 1.82) is 0 Å². The number of amides is 3. The number of aliphatic hydroxyl groups is 1. The first-order valence-electron chi connectivity index (χ1n) is 17.0. The zero-order valence-electron chi connectivity index (χ0n) is 28.1. The zero-order chi connectivity index (χ0) is 35.3. The maximum absolute atomic E-state index is 14.8. The van der Waals surface area contributed by atoms with E-state index < -0.39 is 53.5 Å². The van der Waals surface area contributed by atoms with Crippen LogP contribution in [0.5, 0.6) is 0 Å². The lowest BCUT2D eigenvalue weighted by atomic mass is 9.70. The van der Waals surface area contributed by atoms with Crippen molar-refractivity contribution in [3.05, 3.63) is 90.5 Å². The third-order valence-corrected chi connectivity index (χ3v) is 10.6. The summed E-state index contributed by atoms with van der Waals surface area (Å²) in [6.45, 7) is 11.1. The lowest BCUT2D eigenvalue weighted by Crippen LogP contribution is -2.60. The fourth-order valence-corrected chi connectivity index (χ4v) is 7.83. The van der Waals surface area contributed by atoms with Gasteiger partial charge in [0.05, 0.1) is 36.6 Å². The smallest absolute Gasteiger partial charge is 0.306 e. The highest BCUT2D eigenvalue weighted by molar-refractivity contribution is 6.30.